The number of hydrogen-bond donors (Lipinski definition) is 1. The fraction of sp³-hybridized carbons (Fsp3) is 1.00. The van der Waals surface area contributed by atoms with Crippen LogP contribution in [-0.4, -0.2) is 6.04 Å². The maximum absolute atomic E-state index is 5.73. The Morgan fingerprint density at radius 1 is 1.67 bits per heavy atom. The third-order valence-electron chi connectivity index (χ3n) is 3.83. The van der Waals surface area contributed by atoms with Crippen molar-refractivity contribution >= 4 is 0 Å². The van der Waals surface area contributed by atoms with Gasteiger partial charge in [0.2, 0.25) is 0 Å². The Morgan fingerprint density at radius 3 is 2.33 bits per heavy atom. The van der Waals surface area contributed by atoms with E-state index in [1.54, 1.807) is 6.42 Å². The lowest BCUT2D eigenvalue weighted by atomic mass is 9.74. The molecule has 0 saturated heterocycles. The monoisotopic (exact) mass is 123 g/mol. The lowest BCUT2D eigenvalue weighted by Gasteiger charge is -2.31. The van der Waals surface area contributed by atoms with Crippen molar-refractivity contribution in [3.63, 3.8) is 0 Å². The second kappa shape index (κ2) is 0.968. The minimum atomic E-state index is 0.461. The summed E-state index contributed by atoms with van der Waals surface area (Å²) in [5.41, 5.74) is 6.60. The Labute approximate surface area is 55.6 Å². The van der Waals surface area contributed by atoms with Crippen LogP contribution >= 0.6 is 0 Å². The zero-order chi connectivity index (χ0) is 6.22. The molecule has 0 spiro atoms. The molecule has 0 aromatic carbocycles. The SMILES string of the molecule is CC(N)CC12C3CC1C32. The van der Waals surface area contributed by atoms with Gasteiger partial charge in [-0.1, -0.05) is 0 Å². The zero-order valence-electron chi connectivity index (χ0n) is 5.80. The summed E-state index contributed by atoms with van der Waals surface area (Å²) in [5, 5.41) is 0. The highest BCUT2D eigenvalue weighted by molar-refractivity contribution is 5.41. The molecule has 4 saturated carbocycles. The number of rotatable bonds is 2. The standard InChI is InChI=1S/C8H13N/c1-4(9)3-8-5-2-6(8)7(5)8/h4-7H,2-3,9H2,1H3. The van der Waals surface area contributed by atoms with E-state index in [-0.39, 0.29) is 0 Å². The van der Waals surface area contributed by atoms with Crippen molar-refractivity contribution in [2.45, 2.75) is 25.8 Å². The number of hydrogen-bond acceptors (Lipinski definition) is 1. The Hall–Kier alpha value is -0.0400. The lowest BCUT2D eigenvalue weighted by Crippen LogP contribution is -2.28. The molecule has 3 unspecified atom stereocenters. The topological polar surface area (TPSA) is 26.0 Å². The summed E-state index contributed by atoms with van der Waals surface area (Å²) >= 11 is 0. The predicted molar refractivity (Wildman–Crippen MR) is 35.8 cm³/mol. The minimum Gasteiger partial charge on any atom is -0.328 e. The van der Waals surface area contributed by atoms with Gasteiger partial charge < -0.3 is 5.73 Å². The van der Waals surface area contributed by atoms with E-state index >= 15 is 0 Å². The van der Waals surface area contributed by atoms with Crippen LogP contribution in [0.1, 0.15) is 19.8 Å². The van der Waals surface area contributed by atoms with Crippen LogP contribution in [0.15, 0.2) is 0 Å². The molecule has 0 heterocycles. The molecule has 0 aliphatic heterocycles. The van der Waals surface area contributed by atoms with Crippen LogP contribution in [-0.2, 0) is 0 Å². The first-order chi connectivity index (χ1) is 4.27. The summed E-state index contributed by atoms with van der Waals surface area (Å²) in [4.78, 5) is 0. The highest BCUT2D eigenvalue weighted by atomic mass is 15.0. The Bertz CT molecular complexity index is 154. The van der Waals surface area contributed by atoms with E-state index in [4.69, 9.17) is 5.73 Å². The van der Waals surface area contributed by atoms with E-state index in [2.05, 4.69) is 6.92 Å². The molecule has 0 aromatic rings. The summed E-state index contributed by atoms with van der Waals surface area (Å²) in [6, 6.07) is 0.461. The average Bonchev–Trinajstić information content (AvgIpc) is 2.16. The zero-order valence-corrected chi connectivity index (χ0v) is 5.80. The molecule has 1 heteroatoms. The molecule has 2 bridgehead atoms. The molecule has 9 heavy (non-hydrogen) atoms. The van der Waals surface area contributed by atoms with Gasteiger partial charge in [-0.3, -0.25) is 0 Å². The van der Waals surface area contributed by atoms with Crippen LogP contribution in [0.25, 0.3) is 0 Å². The van der Waals surface area contributed by atoms with Crippen LogP contribution in [0.5, 0.6) is 0 Å². The van der Waals surface area contributed by atoms with E-state index in [1.807, 2.05) is 0 Å². The van der Waals surface area contributed by atoms with Gasteiger partial charge in [-0.2, -0.15) is 0 Å². The van der Waals surface area contributed by atoms with Crippen LogP contribution in [0.4, 0.5) is 0 Å². The first-order valence-electron chi connectivity index (χ1n) is 4.02. The molecule has 4 fully saturated rings. The predicted octanol–water partition coefficient (Wildman–Crippen LogP) is 0.990. The third-order valence-corrected chi connectivity index (χ3v) is 3.83. The van der Waals surface area contributed by atoms with E-state index < -0.39 is 0 Å². The average molecular weight is 123 g/mol. The second-order valence-corrected chi connectivity index (χ2v) is 4.27. The van der Waals surface area contributed by atoms with Crippen molar-refractivity contribution in [3.8, 4) is 0 Å². The largest absolute Gasteiger partial charge is 0.328 e. The molecule has 0 amide bonds. The van der Waals surface area contributed by atoms with E-state index in [0.717, 1.165) is 17.3 Å². The van der Waals surface area contributed by atoms with Gasteiger partial charge in [0.25, 0.3) is 0 Å². The molecule has 4 aliphatic rings. The molecule has 0 radical (unpaired) electrons. The molecule has 2 N–H and O–H groups in total. The maximum Gasteiger partial charge on any atom is 0.00160 e. The highest BCUT2D eigenvalue weighted by Gasteiger charge is 2.93. The quantitative estimate of drug-likeness (QED) is 0.582. The van der Waals surface area contributed by atoms with Gasteiger partial charge in [0.1, 0.15) is 0 Å². The normalized spacial score (nSPS) is 68.0. The fourth-order valence-electron chi connectivity index (χ4n) is 3.23. The van der Waals surface area contributed by atoms with Crippen LogP contribution in [0.2, 0.25) is 0 Å². The smallest absolute Gasteiger partial charge is 0.00160 e. The summed E-state index contributed by atoms with van der Waals surface area (Å²) in [7, 11) is 0. The van der Waals surface area contributed by atoms with Crippen molar-refractivity contribution in [2.24, 2.45) is 28.9 Å². The molecule has 50 valence electrons. The van der Waals surface area contributed by atoms with Crippen molar-refractivity contribution in [1.29, 1.82) is 0 Å². The van der Waals surface area contributed by atoms with Crippen LogP contribution in [0, 0.1) is 23.2 Å². The second-order valence-electron chi connectivity index (χ2n) is 4.27. The van der Waals surface area contributed by atoms with Gasteiger partial charge in [0.05, 0.1) is 0 Å². The first-order valence-corrected chi connectivity index (χ1v) is 4.02. The summed E-state index contributed by atoms with van der Waals surface area (Å²) in [6.07, 6.45) is 2.88. The van der Waals surface area contributed by atoms with Gasteiger partial charge in [-0.15, -0.1) is 0 Å². The Balaban J connectivity index is 1.71. The van der Waals surface area contributed by atoms with E-state index in [0.29, 0.717) is 6.04 Å². The van der Waals surface area contributed by atoms with Crippen LogP contribution < -0.4 is 5.73 Å². The van der Waals surface area contributed by atoms with Gasteiger partial charge in [0.15, 0.2) is 0 Å². The van der Waals surface area contributed by atoms with E-state index in [9.17, 15) is 0 Å². The molecule has 0 aromatic heterocycles. The summed E-state index contributed by atoms with van der Waals surface area (Å²) < 4.78 is 0. The first kappa shape index (κ1) is 4.73. The molecule has 4 rings (SSSR count). The van der Waals surface area contributed by atoms with Gasteiger partial charge in [-0.05, 0) is 42.9 Å². The number of nitrogens with two attached hydrogens (primary N) is 1. The van der Waals surface area contributed by atoms with Gasteiger partial charge in [0, 0.05) is 6.04 Å². The molecule has 1 nitrogen and oxygen atoms in total. The minimum absolute atomic E-state index is 0.461. The molecular weight excluding hydrogens is 110 g/mol. The summed E-state index contributed by atoms with van der Waals surface area (Å²) in [6.45, 7) is 2.14. The van der Waals surface area contributed by atoms with Crippen molar-refractivity contribution < 1.29 is 0 Å². The molecule has 3 atom stereocenters. The van der Waals surface area contributed by atoms with Crippen LogP contribution in [0.3, 0.4) is 0 Å². The molecular formula is C8H13N. The van der Waals surface area contributed by atoms with Crippen molar-refractivity contribution in [3.05, 3.63) is 0 Å². The lowest BCUT2D eigenvalue weighted by molar-refractivity contribution is 0.181. The molecule has 4 aliphatic carbocycles. The Kier molecular flexibility index (Phi) is 0.508. The van der Waals surface area contributed by atoms with Gasteiger partial charge >= 0.3 is 0 Å². The van der Waals surface area contributed by atoms with Crippen molar-refractivity contribution in [1.82, 2.24) is 0 Å². The maximum atomic E-state index is 5.73. The Morgan fingerprint density at radius 2 is 2.22 bits per heavy atom. The summed E-state index contributed by atoms with van der Waals surface area (Å²) in [5.74, 6) is 3.51. The van der Waals surface area contributed by atoms with E-state index in [1.165, 1.54) is 12.3 Å². The van der Waals surface area contributed by atoms with Crippen molar-refractivity contribution in [2.75, 3.05) is 0 Å². The third kappa shape index (κ3) is 0.295. The highest BCUT2D eigenvalue weighted by Crippen LogP contribution is 2.98. The fourth-order valence-corrected chi connectivity index (χ4v) is 3.23. The van der Waals surface area contributed by atoms with Gasteiger partial charge in [-0.25, -0.2) is 0 Å².